The van der Waals surface area contributed by atoms with Crippen LogP contribution in [0.4, 0.5) is 0 Å². The number of carbonyl (C=O) groups excluding carboxylic acids is 1. The van der Waals surface area contributed by atoms with Gasteiger partial charge in [-0.05, 0) is 25.1 Å². The molecule has 0 unspecified atom stereocenters. The van der Waals surface area contributed by atoms with Crippen LogP contribution in [0.3, 0.4) is 0 Å². The number of hydrogen-bond donors (Lipinski definition) is 0. The van der Waals surface area contributed by atoms with Crippen molar-refractivity contribution in [2.45, 2.75) is 13.5 Å². The van der Waals surface area contributed by atoms with Crippen LogP contribution in [-0.4, -0.2) is 15.6 Å². The molecule has 0 spiro atoms. The van der Waals surface area contributed by atoms with Crippen molar-refractivity contribution >= 4 is 40.6 Å². The first-order valence-electron chi connectivity index (χ1n) is 5.15. The average molecular weight is 304 g/mol. The van der Waals surface area contributed by atoms with Gasteiger partial charge in [0.15, 0.2) is 5.78 Å². The highest BCUT2D eigenvalue weighted by Crippen LogP contribution is 2.22. The van der Waals surface area contributed by atoms with E-state index in [1.54, 1.807) is 25.1 Å². The number of hydrogen-bond acceptors (Lipinski definition) is 2. The van der Waals surface area contributed by atoms with E-state index in [1.165, 1.54) is 10.9 Å². The maximum atomic E-state index is 12.1. The van der Waals surface area contributed by atoms with Gasteiger partial charge in [-0.2, -0.15) is 5.10 Å². The average Bonchev–Trinajstić information content (AvgIpc) is 2.64. The molecule has 0 amide bonds. The minimum absolute atomic E-state index is 0.0820. The van der Waals surface area contributed by atoms with Gasteiger partial charge >= 0.3 is 0 Å². The molecule has 94 valence electrons. The maximum Gasteiger partial charge on any atom is 0.185 e. The normalized spacial score (nSPS) is 10.7. The number of benzene rings is 1. The van der Waals surface area contributed by atoms with E-state index in [0.29, 0.717) is 20.6 Å². The molecule has 0 bridgehead atoms. The summed E-state index contributed by atoms with van der Waals surface area (Å²) in [7, 11) is 0. The van der Waals surface area contributed by atoms with Gasteiger partial charge in [-0.3, -0.25) is 9.48 Å². The highest BCUT2D eigenvalue weighted by molar-refractivity contribution is 6.35. The summed E-state index contributed by atoms with van der Waals surface area (Å²) in [6.07, 6.45) is 1.50. The van der Waals surface area contributed by atoms with E-state index in [9.17, 15) is 4.79 Å². The molecule has 0 aliphatic rings. The van der Waals surface area contributed by atoms with Crippen molar-refractivity contribution < 1.29 is 4.79 Å². The predicted octanol–water partition coefficient (Wildman–Crippen LogP) is 4.03. The Morgan fingerprint density at radius 1 is 1.28 bits per heavy atom. The van der Waals surface area contributed by atoms with Crippen molar-refractivity contribution in [2.24, 2.45) is 0 Å². The van der Waals surface area contributed by atoms with Crippen LogP contribution in [0, 0.1) is 6.92 Å². The number of carbonyl (C=O) groups is 1. The van der Waals surface area contributed by atoms with E-state index >= 15 is 0 Å². The van der Waals surface area contributed by atoms with Crippen molar-refractivity contribution in [3.63, 3.8) is 0 Å². The topological polar surface area (TPSA) is 34.9 Å². The SMILES string of the molecule is Cc1c(Cl)cnn1CC(=O)c1cc(Cl)ccc1Cl. The number of rotatable bonds is 3. The lowest BCUT2D eigenvalue weighted by molar-refractivity contribution is 0.0967. The largest absolute Gasteiger partial charge is 0.292 e. The molecule has 0 saturated heterocycles. The summed E-state index contributed by atoms with van der Waals surface area (Å²) in [5, 5.41) is 5.39. The number of ketones is 1. The van der Waals surface area contributed by atoms with Crippen molar-refractivity contribution in [3.05, 3.63) is 50.7 Å². The third-order valence-corrected chi connectivity index (χ3v) is 3.50. The lowest BCUT2D eigenvalue weighted by atomic mass is 10.1. The van der Waals surface area contributed by atoms with Crippen LogP contribution in [0.25, 0.3) is 0 Å². The first-order chi connectivity index (χ1) is 8.49. The van der Waals surface area contributed by atoms with E-state index < -0.39 is 0 Å². The Hall–Kier alpha value is -1.03. The minimum atomic E-state index is -0.162. The molecule has 0 fully saturated rings. The molecule has 1 aromatic heterocycles. The molecule has 0 aliphatic heterocycles. The molecule has 0 aliphatic carbocycles. The maximum absolute atomic E-state index is 12.1. The first-order valence-corrected chi connectivity index (χ1v) is 6.28. The molecule has 1 heterocycles. The van der Waals surface area contributed by atoms with E-state index in [2.05, 4.69) is 5.10 Å². The van der Waals surface area contributed by atoms with Gasteiger partial charge in [0.25, 0.3) is 0 Å². The van der Waals surface area contributed by atoms with Crippen LogP contribution in [0.1, 0.15) is 16.1 Å². The van der Waals surface area contributed by atoms with Gasteiger partial charge in [-0.15, -0.1) is 0 Å². The second kappa shape index (κ2) is 5.31. The molecule has 1 aromatic carbocycles. The van der Waals surface area contributed by atoms with Gasteiger partial charge < -0.3 is 0 Å². The Kier molecular flexibility index (Phi) is 3.95. The molecule has 3 nitrogen and oxygen atoms in total. The third-order valence-electron chi connectivity index (χ3n) is 2.57. The van der Waals surface area contributed by atoms with Crippen LogP contribution in [0.5, 0.6) is 0 Å². The fourth-order valence-electron chi connectivity index (χ4n) is 1.52. The fraction of sp³-hybridized carbons (Fsp3) is 0.167. The van der Waals surface area contributed by atoms with Gasteiger partial charge in [0, 0.05) is 10.6 Å². The fourth-order valence-corrected chi connectivity index (χ4v) is 2.05. The molecule has 0 saturated carbocycles. The van der Waals surface area contributed by atoms with Crippen molar-refractivity contribution in [3.8, 4) is 0 Å². The van der Waals surface area contributed by atoms with Gasteiger partial charge in [0.1, 0.15) is 6.54 Å². The van der Waals surface area contributed by atoms with E-state index in [0.717, 1.165) is 5.69 Å². The molecule has 2 rings (SSSR count). The smallest absolute Gasteiger partial charge is 0.185 e. The molecular weight excluding hydrogens is 295 g/mol. The van der Waals surface area contributed by atoms with Gasteiger partial charge in [0.2, 0.25) is 0 Å². The Morgan fingerprint density at radius 3 is 2.61 bits per heavy atom. The van der Waals surface area contributed by atoms with Crippen LogP contribution >= 0.6 is 34.8 Å². The lowest BCUT2D eigenvalue weighted by Gasteiger charge is -2.06. The summed E-state index contributed by atoms with van der Waals surface area (Å²) in [6.45, 7) is 1.88. The second-order valence-electron chi connectivity index (χ2n) is 3.78. The zero-order valence-electron chi connectivity index (χ0n) is 9.45. The standard InChI is InChI=1S/C12H9Cl3N2O/c1-7-11(15)5-16-17(7)6-12(18)9-4-8(13)2-3-10(9)14/h2-5H,6H2,1H3. The van der Waals surface area contributed by atoms with Crippen LogP contribution in [0.2, 0.25) is 15.1 Å². The van der Waals surface area contributed by atoms with E-state index in [4.69, 9.17) is 34.8 Å². The second-order valence-corrected chi connectivity index (χ2v) is 5.03. The molecule has 0 atom stereocenters. The Bertz CT molecular complexity index is 607. The van der Waals surface area contributed by atoms with Crippen LogP contribution in [-0.2, 0) is 6.54 Å². The first kappa shape index (κ1) is 13.4. The monoisotopic (exact) mass is 302 g/mol. The molecular formula is C12H9Cl3N2O. The highest BCUT2D eigenvalue weighted by atomic mass is 35.5. The Balaban J connectivity index is 2.27. The Labute approximate surface area is 119 Å². The lowest BCUT2D eigenvalue weighted by Crippen LogP contribution is -2.13. The number of nitrogens with zero attached hydrogens (tertiary/aromatic N) is 2. The predicted molar refractivity (Wildman–Crippen MR) is 72.8 cm³/mol. The molecule has 18 heavy (non-hydrogen) atoms. The zero-order chi connectivity index (χ0) is 13.3. The number of aromatic nitrogens is 2. The quantitative estimate of drug-likeness (QED) is 0.802. The summed E-state index contributed by atoms with van der Waals surface area (Å²) < 4.78 is 1.53. The molecule has 0 radical (unpaired) electrons. The van der Waals surface area contributed by atoms with Crippen molar-refractivity contribution in [2.75, 3.05) is 0 Å². The highest BCUT2D eigenvalue weighted by Gasteiger charge is 2.14. The zero-order valence-corrected chi connectivity index (χ0v) is 11.7. The van der Waals surface area contributed by atoms with E-state index in [1.807, 2.05) is 0 Å². The Morgan fingerprint density at radius 2 is 2.00 bits per heavy atom. The number of halogens is 3. The van der Waals surface area contributed by atoms with Gasteiger partial charge in [-0.1, -0.05) is 34.8 Å². The van der Waals surface area contributed by atoms with Crippen LogP contribution in [0.15, 0.2) is 24.4 Å². The van der Waals surface area contributed by atoms with Crippen molar-refractivity contribution in [1.29, 1.82) is 0 Å². The summed E-state index contributed by atoms with van der Waals surface area (Å²) in [5.74, 6) is -0.162. The molecule has 0 N–H and O–H groups in total. The van der Waals surface area contributed by atoms with Crippen LogP contribution < -0.4 is 0 Å². The molecule has 2 aromatic rings. The summed E-state index contributed by atoms with van der Waals surface area (Å²) >= 11 is 17.7. The summed E-state index contributed by atoms with van der Waals surface area (Å²) in [5.41, 5.74) is 1.12. The number of Topliss-reactive ketones (excluding diaryl/α,β-unsaturated/α-hetero) is 1. The summed E-state index contributed by atoms with van der Waals surface area (Å²) in [4.78, 5) is 12.1. The molecule has 6 heteroatoms. The summed E-state index contributed by atoms with van der Waals surface area (Å²) in [6, 6.07) is 4.78. The minimum Gasteiger partial charge on any atom is -0.292 e. The van der Waals surface area contributed by atoms with Crippen molar-refractivity contribution in [1.82, 2.24) is 9.78 Å². The third kappa shape index (κ3) is 2.69. The van der Waals surface area contributed by atoms with Gasteiger partial charge in [0.05, 0.1) is 21.9 Å². The van der Waals surface area contributed by atoms with Gasteiger partial charge in [-0.25, -0.2) is 0 Å². The van der Waals surface area contributed by atoms with E-state index in [-0.39, 0.29) is 12.3 Å².